The summed E-state index contributed by atoms with van der Waals surface area (Å²) in [5.41, 5.74) is 1.73. The minimum atomic E-state index is -0.866. The molecule has 0 aliphatic carbocycles. The molecule has 4 aromatic rings. The number of benzene rings is 3. The van der Waals surface area contributed by atoms with E-state index in [1.54, 1.807) is 0 Å². The Morgan fingerprint density at radius 1 is 0.556 bits per heavy atom. The van der Waals surface area contributed by atoms with Crippen LogP contribution in [0.15, 0.2) is 72.8 Å². The van der Waals surface area contributed by atoms with Gasteiger partial charge >= 0.3 is 0 Å². The maximum absolute atomic E-state index is 13.9. The molecule has 0 saturated heterocycles. The number of rotatable bonds is 3. The lowest BCUT2D eigenvalue weighted by Crippen LogP contribution is -2.01. The lowest BCUT2D eigenvalue weighted by Gasteiger charge is -2.09. The van der Waals surface area contributed by atoms with Gasteiger partial charge in [0.25, 0.3) is 0 Å². The monoisotopic (exact) mass is 379 g/mol. The molecule has 0 atom stereocenters. The van der Waals surface area contributed by atoms with E-state index in [-0.39, 0.29) is 11.4 Å². The van der Waals surface area contributed by atoms with Crippen molar-refractivity contribution in [3.05, 3.63) is 89.5 Å². The van der Waals surface area contributed by atoms with Crippen LogP contribution in [0.5, 0.6) is 0 Å². The molecular formula is C21H12ClF2N3. The molecule has 0 aliphatic rings. The van der Waals surface area contributed by atoms with Crippen LogP contribution in [0.1, 0.15) is 0 Å². The Morgan fingerprint density at radius 2 is 0.926 bits per heavy atom. The molecule has 6 heteroatoms. The molecule has 0 radical (unpaired) electrons. The summed E-state index contributed by atoms with van der Waals surface area (Å²) in [6.45, 7) is 0. The minimum absolute atomic E-state index is 0.164. The van der Waals surface area contributed by atoms with E-state index in [0.29, 0.717) is 11.6 Å². The first-order valence-electron chi connectivity index (χ1n) is 8.13. The van der Waals surface area contributed by atoms with Gasteiger partial charge in [0.05, 0.1) is 0 Å². The molecule has 3 aromatic carbocycles. The highest BCUT2D eigenvalue weighted by Crippen LogP contribution is 2.28. The predicted molar refractivity (Wildman–Crippen MR) is 101 cm³/mol. The van der Waals surface area contributed by atoms with Gasteiger partial charge in [0, 0.05) is 16.7 Å². The fourth-order valence-electron chi connectivity index (χ4n) is 2.62. The van der Waals surface area contributed by atoms with Crippen LogP contribution in [0.2, 0.25) is 5.02 Å². The van der Waals surface area contributed by atoms with Gasteiger partial charge in [0.15, 0.2) is 17.5 Å². The average molecular weight is 380 g/mol. The second-order valence-electron chi connectivity index (χ2n) is 5.79. The maximum atomic E-state index is 13.9. The molecule has 0 bridgehead atoms. The van der Waals surface area contributed by atoms with Gasteiger partial charge in [0.1, 0.15) is 16.7 Å². The zero-order chi connectivity index (χ0) is 18.8. The number of hydrogen-bond donors (Lipinski definition) is 0. The van der Waals surface area contributed by atoms with E-state index >= 15 is 0 Å². The average Bonchev–Trinajstić information content (AvgIpc) is 2.72. The van der Waals surface area contributed by atoms with Gasteiger partial charge in [-0.3, -0.25) is 0 Å². The number of nitrogens with zero attached hydrogens (tertiary/aromatic N) is 3. The van der Waals surface area contributed by atoms with Gasteiger partial charge in [-0.2, -0.15) is 0 Å². The van der Waals surface area contributed by atoms with Gasteiger partial charge < -0.3 is 0 Å². The van der Waals surface area contributed by atoms with Crippen LogP contribution in [-0.4, -0.2) is 15.0 Å². The van der Waals surface area contributed by atoms with E-state index in [2.05, 4.69) is 15.0 Å². The highest BCUT2D eigenvalue weighted by atomic mass is 35.5. The summed E-state index contributed by atoms with van der Waals surface area (Å²) >= 11 is 5.59. The van der Waals surface area contributed by atoms with Crippen LogP contribution in [-0.2, 0) is 0 Å². The third-order valence-electron chi connectivity index (χ3n) is 3.94. The Bertz CT molecular complexity index is 1020. The molecule has 132 valence electrons. The van der Waals surface area contributed by atoms with Crippen molar-refractivity contribution in [1.82, 2.24) is 15.0 Å². The van der Waals surface area contributed by atoms with Crippen molar-refractivity contribution in [2.24, 2.45) is 0 Å². The molecule has 1 heterocycles. The van der Waals surface area contributed by atoms with E-state index in [1.165, 1.54) is 0 Å². The third-order valence-corrected chi connectivity index (χ3v) is 4.30. The molecule has 4 rings (SSSR count). The van der Waals surface area contributed by atoms with Crippen LogP contribution in [0.3, 0.4) is 0 Å². The fourth-order valence-corrected chi connectivity index (χ4v) is 2.73. The lowest BCUT2D eigenvalue weighted by molar-refractivity contribution is 0.584. The quantitative estimate of drug-likeness (QED) is 0.422. The van der Waals surface area contributed by atoms with Gasteiger partial charge in [-0.1, -0.05) is 72.3 Å². The van der Waals surface area contributed by atoms with Gasteiger partial charge in [0.2, 0.25) is 0 Å². The molecule has 0 spiro atoms. The second-order valence-corrected chi connectivity index (χ2v) is 6.17. The number of halogens is 3. The minimum Gasteiger partial charge on any atom is -0.208 e. The normalized spacial score (nSPS) is 10.8. The highest BCUT2D eigenvalue weighted by molar-refractivity contribution is 6.30. The predicted octanol–water partition coefficient (Wildman–Crippen LogP) is 5.80. The Labute approximate surface area is 159 Å². The maximum Gasteiger partial charge on any atom is 0.164 e. The Kier molecular flexibility index (Phi) is 4.60. The Morgan fingerprint density at radius 3 is 1.33 bits per heavy atom. The second kappa shape index (κ2) is 7.21. The molecule has 0 aliphatic heterocycles. The van der Waals surface area contributed by atoms with Crippen LogP contribution in [0, 0.1) is 11.6 Å². The first-order valence-corrected chi connectivity index (χ1v) is 8.51. The fraction of sp³-hybridized carbons (Fsp3) is 0. The molecule has 0 saturated carbocycles. The zero-order valence-electron chi connectivity index (χ0n) is 13.9. The summed E-state index contributed by atoms with van der Waals surface area (Å²) in [5, 5.41) is -0.556. The van der Waals surface area contributed by atoms with E-state index in [4.69, 9.17) is 11.6 Å². The first kappa shape index (κ1) is 17.2. The van der Waals surface area contributed by atoms with E-state index in [1.807, 2.05) is 60.7 Å². The number of aromatic nitrogens is 3. The summed E-state index contributed by atoms with van der Waals surface area (Å²) in [6.07, 6.45) is 0. The van der Waals surface area contributed by atoms with Crippen molar-refractivity contribution in [2.75, 3.05) is 0 Å². The topological polar surface area (TPSA) is 38.7 Å². The SMILES string of the molecule is Fc1cc(-c2nc(-c3ccccc3)nc(-c3ccccc3)n2)cc(F)c1Cl. The molecule has 0 unspecified atom stereocenters. The van der Waals surface area contributed by atoms with Crippen molar-refractivity contribution in [2.45, 2.75) is 0 Å². The molecule has 0 N–H and O–H groups in total. The van der Waals surface area contributed by atoms with E-state index < -0.39 is 16.7 Å². The third kappa shape index (κ3) is 3.55. The molecule has 1 aromatic heterocycles. The van der Waals surface area contributed by atoms with Crippen molar-refractivity contribution in [3.63, 3.8) is 0 Å². The van der Waals surface area contributed by atoms with E-state index in [0.717, 1.165) is 23.3 Å². The standard InChI is InChI=1S/C21H12ClF2N3/c22-18-16(23)11-15(12-17(18)24)21-26-19(13-7-3-1-4-8-13)25-20(27-21)14-9-5-2-6-10-14/h1-12H. The van der Waals surface area contributed by atoms with Crippen molar-refractivity contribution in [1.29, 1.82) is 0 Å². The summed E-state index contributed by atoms with van der Waals surface area (Å²) in [5.74, 6) is -0.744. The molecule has 0 fully saturated rings. The largest absolute Gasteiger partial charge is 0.208 e. The Hall–Kier alpha value is -3.18. The van der Waals surface area contributed by atoms with Crippen molar-refractivity contribution < 1.29 is 8.78 Å². The summed E-state index contributed by atoms with van der Waals surface area (Å²) < 4.78 is 27.9. The summed E-state index contributed by atoms with van der Waals surface area (Å²) in [6, 6.07) is 20.9. The van der Waals surface area contributed by atoms with Crippen LogP contribution >= 0.6 is 11.6 Å². The van der Waals surface area contributed by atoms with E-state index in [9.17, 15) is 8.78 Å². The first-order chi connectivity index (χ1) is 13.1. The number of hydrogen-bond acceptors (Lipinski definition) is 3. The summed E-state index contributed by atoms with van der Waals surface area (Å²) in [4.78, 5) is 13.4. The van der Waals surface area contributed by atoms with Gasteiger partial charge in [-0.05, 0) is 12.1 Å². The van der Waals surface area contributed by atoms with Crippen LogP contribution in [0.25, 0.3) is 34.2 Å². The smallest absolute Gasteiger partial charge is 0.164 e. The molecular weight excluding hydrogens is 368 g/mol. The van der Waals surface area contributed by atoms with Gasteiger partial charge in [-0.15, -0.1) is 0 Å². The molecule has 27 heavy (non-hydrogen) atoms. The van der Waals surface area contributed by atoms with Crippen LogP contribution in [0.4, 0.5) is 8.78 Å². The van der Waals surface area contributed by atoms with Gasteiger partial charge in [-0.25, -0.2) is 23.7 Å². The summed E-state index contributed by atoms with van der Waals surface area (Å²) in [7, 11) is 0. The zero-order valence-corrected chi connectivity index (χ0v) is 14.7. The molecule has 3 nitrogen and oxygen atoms in total. The highest BCUT2D eigenvalue weighted by Gasteiger charge is 2.15. The van der Waals surface area contributed by atoms with Crippen molar-refractivity contribution in [3.8, 4) is 34.2 Å². The van der Waals surface area contributed by atoms with Crippen molar-refractivity contribution >= 4 is 11.6 Å². The lowest BCUT2D eigenvalue weighted by atomic mass is 10.1. The van der Waals surface area contributed by atoms with Crippen LogP contribution < -0.4 is 0 Å². The Balaban J connectivity index is 1.94. The molecule has 0 amide bonds.